The molecule has 0 bridgehead atoms. The van der Waals surface area contributed by atoms with Gasteiger partial charge in [0.05, 0.1) is 22.6 Å². The van der Waals surface area contributed by atoms with Crippen molar-refractivity contribution in [3.05, 3.63) is 22.0 Å². The van der Waals surface area contributed by atoms with Crippen molar-refractivity contribution in [1.82, 2.24) is 15.5 Å². The van der Waals surface area contributed by atoms with Crippen molar-refractivity contribution in [3.8, 4) is 10.6 Å². The molecule has 1 N–H and O–H groups in total. The first-order chi connectivity index (χ1) is 11.3. The summed E-state index contributed by atoms with van der Waals surface area (Å²) in [4.78, 5) is 17.9. The van der Waals surface area contributed by atoms with Crippen molar-refractivity contribution in [1.29, 1.82) is 0 Å². The Morgan fingerprint density at radius 3 is 2.67 bits per heavy atom. The van der Waals surface area contributed by atoms with Gasteiger partial charge in [0.25, 0.3) is 5.91 Å². The van der Waals surface area contributed by atoms with Crippen LogP contribution in [0.15, 0.2) is 4.52 Å². The molecule has 1 aliphatic heterocycles. The first kappa shape index (κ1) is 17.1. The molecule has 1 amide bonds. The Balaban J connectivity index is 1.79. The molecule has 1 aliphatic rings. The molecule has 0 aliphatic carbocycles. The maximum atomic E-state index is 12.7. The van der Waals surface area contributed by atoms with Gasteiger partial charge in [0.2, 0.25) is 0 Å². The number of hydrogen-bond acceptors (Lipinski definition) is 6. The maximum Gasteiger partial charge on any atom is 0.263 e. The highest BCUT2D eigenvalue weighted by molar-refractivity contribution is 7.17. The van der Waals surface area contributed by atoms with Crippen LogP contribution in [0.25, 0.3) is 10.6 Å². The standard InChI is InChI=1S/C17H23N3O3S/c1-9-13(11(3)23-20-9)16-18-10(2)14(24-16)15(21)19-12-6-7-22-17(4,5)8-12/h12H,6-8H2,1-5H3,(H,19,21)/t12-/m0/s1. The zero-order valence-corrected chi connectivity index (χ0v) is 15.5. The SMILES string of the molecule is Cc1nc(-c2c(C)noc2C)sc1C(=O)N[C@H]1CCOC(C)(C)C1. The second-order valence-electron chi connectivity index (χ2n) is 6.90. The van der Waals surface area contributed by atoms with Gasteiger partial charge in [-0.3, -0.25) is 4.79 Å². The fraction of sp³-hybridized carbons (Fsp3) is 0.588. The highest BCUT2D eigenvalue weighted by Crippen LogP contribution is 2.33. The van der Waals surface area contributed by atoms with Crippen LogP contribution in [-0.2, 0) is 4.74 Å². The fourth-order valence-corrected chi connectivity index (χ4v) is 4.22. The number of amides is 1. The van der Waals surface area contributed by atoms with Gasteiger partial charge >= 0.3 is 0 Å². The highest BCUT2D eigenvalue weighted by Gasteiger charge is 2.30. The number of thiazole rings is 1. The lowest BCUT2D eigenvalue weighted by molar-refractivity contribution is -0.0615. The van der Waals surface area contributed by atoms with E-state index in [1.54, 1.807) is 0 Å². The molecule has 0 aromatic carbocycles. The minimum Gasteiger partial charge on any atom is -0.375 e. The third-order valence-electron chi connectivity index (χ3n) is 4.28. The third kappa shape index (κ3) is 3.37. The Kier molecular flexibility index (Phi) is 4.48. The van der Waals surface area contributed by atoms with E-state index in [0.29, 0.717) is 11.5 Å². The van der Waals surface area contributed by atoms with Gasteiger partial charge in [-0.05, 0) is 47.5 Å². The minimum absolute atomic E-state index is 0.0642. The third-order valence-corrected chi connectivity index (χ3v) is 5.46. The van der Waals surface area contributed by atoms with Crippen LogP contribution in [0, 0.1) is 20.8 Å². The van der Waals surface area contributed by atoms with E-state index in [-0.39, 0.29) is 17.6 Å². The molecule has 2 aromatic heterocycles. The molecule has 0 unspecified atom stereocenters. The summed E-state index contributed by atoms with van der Waals surface area (Å²) in [7, 11) is 0. The van der Waals surface area contributed by atoms with Gasteiger partial charge in [-0.25, -0.2) is 4.98 Å². The van der Waals surface area contributed by atoms with Crippen LogP contribution < -0.4 is 5.32 Å². The Hall–Kier alpha value is -1.73. The summed E-state index contributed by atoms with van der Waals surface area (Å²) in [5.74, 6) is 0.657. The normalized spacial score (nSPS) is 20.1. The quantitative estimate of drug-likeness (QED) is 0.919. The lowest BCUT2D eigenvalue weighted by Gasteiger charge is -2.35. The van der Waals surface area contributed by atoms with E-state index in [9.17, 15) is 4.79 Å². The van der Waals surface area contributed by atoms with Crippen LogP contribution in [-0.4, -0.2) is 34.3 Å². The van der Waals surface area contributed by atoms with Gasteiger partial charge in [0.15, 0.2) is 0 Å². The second kappa shape index (κ2) is 6.29. The molecule has 7 heteroatoms. The highest BCUT2D eigenvalue weighted by atomic mass is 32.1. The van der Waals surface area contributed by atoms with E-state index in [0.717, 1.165) is 40.6 Å². The van der Waals surface area contributed by atoms with Crippen LogP contribution in [0.1, 0.15) is 53.5 Å². The van der Waals surface area contributed by atoms with Gasteiger partial charge in [0, 0.05) is 12.6 Å². The number of aromatic nitrogens is 2. The van der Waals surface area contributed by atoms with Crippen molar-refractivity contribution < 1.29 is 14.1 Å². The number of nitrogens with one attached hydrogen (secondary N) is 1. The number of carbonyl (C=O) groups is 1. The van der Waals surface area contributed by atoms with E-state index in [1.807, 2.05) is 20.8 Å². The van der Waals surface area contributed by atoms with E-state index in [4.69, 9.17) is 9.26 Å². The molecule has 24 heavy (non-hydrogen) atoms. The van der Waals surface area contributed by atoms with E-state index < -0.39 is 0 Å². The van der Waals surface area contributed by atoms with Crippen LogP contribution in [0.4, 0.5) is 0 Å². The van der Waals surface area contributed by atoms with Gasteiger partial charge in [-0.15, -0.1) is 11.3 Å². The van der Waals surface area contributed by atoms with Gasteiger partial charge in [-0.2, -0.15) is 0 Å². The molecule has 0 radical (unpaired) electrons. The largest absolute Gasteiger partial charge is 0.375 e. The molecule has 130 valence electrons. The predicted molar refractivity (Wildman–Crippen MR) is 92.3 cm³/mol. The summed E-state index contributed by atoms with van der Waals surface area (Å²) < 4.78 is 10.9. The molecule has 3 heterocycles. The Morgan fingerprint density at radius 1 is 1.29 bits per heavy atom. The second-order valence-corrected chi connectivity index (χ2v) is 7.90. The monoisotopic (exact) mass is 349 g/mol. The van der Waals surface area contributed by atoms with Crippen molar-refractivity contribution in [2.45, 2.75) is 59.1 Å². The topological polar surface area (TPSA) is 77.2 Å². The molecule has 0 saturated carbocycles. The molecular weight excluding hydrogens is 326 g/mol. The van der Waals surface area contributed by atoms with Crippen LogP contribution in [0.3, 0.4) is 0 Å². The molecule has 3 rings (SSSR count). The number of ether oxygens (including phenoxy) is 1. The molecule has 1 saturated heterocycles. The average molecular weight is 349 g/mol. The Labute approximate surface area is 145 Å². The zero-order valence-electron chi connectivity index (χ0n) is 14.7. The maximum absolute atomic E-state index is 12.7. The Morgan fingerprint density at radius 2 is 2.04 bits per heavy atom. The molecule has 6 nitrogen and oxygen atoms in total. The van der Waals surface area contributed by atoms with Gasteiger partial charge < -0.3 is 14.6 Å². The van der Waals surface area contributed by atoms with E-state index in [2.05, 4.69) is 29.3 Å². The number of aryl methyl sites for hydroxylation is 3. The summed E-state index contributed by atoms with van der Waals surface area (Å²) >= 11 is 1.39. The minimum atomic E-state index is -0.194. The number of nitrogens with zero attached hydrogens (tertiary/aromatic N) is 2. The number of rotatable bonds is 3. The molecule has 0 spiro atoms. The van der Waals surface area contributed by atoms with Crippen molar-refractivity contribution in [2.75, 3.05) is 6.61 Å². The van der Waals surface area contributed by atoms with Crippen molar-refractivity contribution in [3.63, 3.8) is 0 Å². The number of hydrogen-bond donors (Lipinski definition) is 1. The lowest BCUT2D eigenvalue weighted by atomic mass is 9.94. The molecule has 1 atom stereocenters. The zero-order chi connectivity index (χ0) is 17.5. The average Bonchev–Trinajstić information content (AvgIpc) is 3.00. The van der Waals surface area contributed by atoms with Crippen molar-refractivity contribution >= 4 is 17.2 Å². The first-order valence-electron chi connectivity index (χ1n) is 8.12. The van der Waals surface area contributed by atoms with Gasteiger partial charge in [0.1, 0.15) is 15.6 Å². The molecule has 1 fully saturated rings. The first-order valence-corrected chi connectivity index (χ1v) is 8.94. The van der Waals surface area contributed by atoms with Crippen LogP contribution in [0.2, 0.25) is 0 Å². The van der Waals surface area contributed by atoms with Crippen LogP contribution in [0.5, 0.6) is 0 Å². The number of carbonyl (C=O) groups excluding carboxylic acids is 1. The fourth-order valence-electron chi connectivity index (χ4n) is 3.11. The summed E-state index contributed by atoms with van der Waals surface area (Å²) in [6, 6.07) is 0.130. The van der Waals surface area contributed by atoms with Crippen molar-refractivity contribution in [2.24, 2.45) is 0 Å². The summed E-state index contributed by atoms with van der Waals surface area (Å²) in [6.45, 7) is 10.4. The van der Waals surface area contributed by atoms with E-state index >= 15 is 0 Å². The summed E-state index contributed by atoms with van der Waals surface area (Å²) in [5, 5.41) is 7.87. The molecule has 2 aromatic rings. The summed E-state index contributed by atoms with van der Waals surface area (Å²) in [6.07, 6.45) is 1.65. The smallest absolute Gasteiger partial charge is 0.263 e. The lowest BCUT2D eigenvalue weighted by Crippen LogP contribution is -2.45. The summed E-state index contributed by atoms with van der Waals surface area (Å²) in [5.41, 5.74) is 2.22. The van der Waals surface area contributed by atoms with Crippen LogP contribution >= 0.6 is 11.3 Å². The predicted octanol–water partition coefficient (Wildman–Crippen LogP) is 3.41. The van der Waals surface area contributed by atoms with Gasteiger partial charge in [-0.1, -0.05) is 5.16 Å². The van der Waals surface area contributed by atoms with E-state index in [1.165, 1.54) is 11.3 Å². The molecular formula is C17H23N3O3S. The Bertz CT molecular complexity index is 744.